The molecule has 16 heavy (non-hydrogen) atoms. The van der Waals surface area contributed by atoms with Gasteiger partial charge in [-0.3, -0.25) is 4.21 Å². The van der Waals surface area contributed by atoms with Crippen LogP contribution in [-0.2, 0) is 20.8 Å². The molecule has 0 aromatic carbocycles. The molecule has 0 aliphatic heterocycles. The average molecular weight is 270 g/mol. The molecule has 1 atom stereocenters. The van der Waals surface area contributed by atoms with Crippen LogP contribution in [-0.4, -0.2) is 49.5 Å². The normalized spacial score (nSPS) is 14.2. The Morgan fingerprint density at radius 2 is 1.88 bits per heavy atom. The van der Waals surface area contributed by atoms with Crippen molar-refractivity contribution in [2.75, 3.05) is 30.9 Å². The first-order valence-electron chi connectivity index (χ1n) is 5.34. The van der Waals surface area contributed by atoms with Gasteiger partial charge in [-0.25, -0.2) is 13.1 Å². The van der Waals surface area contributed by atoms with Crippen molar-refractivity contribution in [1.82, 2.24) is 10.0 Å². The Balaban J connectivity index is 3.67. The second kappa shape index (κ2) is 8.16. The molecule has 2 N–H and O–H groups in total. The van der Waals surface area contributed by atoms with E-state index in [0.717, 1.165) is 0 Å². The summed E-state index contributed by atoms with van der Waals surface area (Å²) in [6.45, 7) is 4.75. The van der Waals surface area contributed by atoms with Gasteiger partial charge in [0.2, 0.25) is 10.0 Å². The fraction of sp³-hybridized carbons (Fsp3) is 1.00. The van der Waals surface area contributed by atoms with Crippen molar-refractivity contribution in [2.45, 2.75) is 26.3 Å². The maximum absolute atomic E-state index is 11.4. The largest absolute Gasteiger partial charge is 0.313 e. The molecule has 0 fully saturated rings. The Labute approximate surface area is 101 Å². The van der Waals surface area contributed by atoms with Crippen LogP contribution < -0.4 is 10.0 Å². The van der Waals surface area contributed by atoms with Crippen molar-refractivity contribution in [2.24, 2.45) is 0 Å². The third-order valence-electron chi connectivity index (χ3n) is 1.85. The van der Waals surface area contributed by atoms with E-state index < -0.39 is 20.8 Å². The molecule has 0 radical (unpaired) electrons. The van der Waals surface area contributed by atoms with Gasteiger partial charge >= 0.3 is 0 Å². The Kier molecular flexibility index (Phi) is 8.17. The zero-order valence-electron chi connectivity index (χ0n) is 10.2. The second-order valence-corrected chi connectivity index (χ2v) is 7.43. The van der Waals surface area contributed by atoms with Crippen LogP contribution >= 0.6 is 0 Å². The van der Waals surface area contributed by atoms with E-state index in [9.17, 15) is 12.6 Å². The van der Waals surface area contributed by atoms with Crippen molar-refractivity contribution < 1.29 is 12.6 Å². The van der Waals surface area contributed by atoms with E-state index in [1.807, 2.05) is 13.8 Å². The van der Waals surface area contributed by atoms with Gasteiger partial charge in [0.15, 0.2) is 0 Å². The maximum Gasteiger partial charge on any atom is 0.212 e. The quantitative estimate of drug-likeness (QED) is 0.563. The molecule has 0 heterocycles. The Morgan fingerprint density at radius 3 is 2.38 bits per heavy atom. The minimum atomic E-state index is -3.19. The zero-order valence-corrected chi connectivity index (χ0v) is 11.8. The lowest BCUT2D eigenvalue weighted by Crippen LogP contribution is -2.35. The standard InChI is InChI=1S/C9H22N2O3S2/c1-9(2)10-6-8-16(13,14)11-5-4-7-15(3)12/h9-11H,4-8H2,1-3H3. The molecule has 0 amide bonds. The van der Waals surface area contributed by atoms with Crippen LogP contribution in [0.4, 0.5) is 0 Å². The number of sulfonamides is 1. The predicted molar refractivity (Wildman–Crippen MR) is 68.5 cm³/mol. The highest BCUT2D eigenvalue weighted by Crippen LogP contribution is 1.87. The molecule has 1 unspecified atom stereocenters. The zero-order chi connectivity index (χ0) is 12.6. The van der Waals surface area contributed by atoms with Gasteiger partial charge in [-0.15, -0.1) is 0 Å². The summed E-state index contributed by atoms with van der Waals surface area (Å²) in [7, 11) is -4.04. The van der Waals surface area contributed by atoms with Crippen molar-refractivity contribution >= 4 is 20.8 Å². The topological polar surface area (TPSA) is 75.3 Å². The number of hydrogen-bond donors (Lipinski definition) is 2. The molecule has 0 aromatic heterocycles. The Morgan fingerprint density at radius 1 is 1.25 bits per heavy atom. The summed E-state index contributed by atoms with van der Waals surface area (Å²) in [6, 6.07) is 0.290. The fourth-order valence-electron chi connectivity index (χ4n) is 1.06. The summed E-state index contributed by atoms with van der Waals surface area (Å²) >= 11 is 0. The first-order valence-corrected chi connectivity index (χ1v) is 8.72. The van der Waals surface area contributed by atoms with Gasteiger partial charge in [0, 0.05) is 41.9 Å². The van der Waals surface area contributed by atoms with E-state index in [0.29, 0.717) is 25.3 Å². The summed E-state index contributed by atoms with van der Waals surface area (Å²) in [6.07, 6.45) is 2.22. The molecule has 98 valence electrons. The first-order chi connectivity index (χ1) is 7.33. The molecular formula is C9H22N2O3S2. The molecule has 0 saturated carbocycles. The second-order valence-electron chi connectivity index (χ2n) is 3.95. The molecular weight excluding hydrogens is 248 g/mol. The predicted octanol–water partition coefficient (Wildman–Crippen LogP) is -0.328. The SMILES string of the molecule is CC(C)NCCS(=O)(=O)NCCCS(C)=O. The van der Waals surface area contributed by atoms with Gasteiger partial charge in [-0.05, 0) is 6.42 Å². The number of hydrogen-bond acceptors (Lipinski definition) is 4. The monoisotopic (exact) mass is 270 g/mol. The van der Waals surface area contributed by atoms with Crippen molar-refractivity contribution in [3.63, 3.8) is 0 Å². The number of rotatable bonds is 9. The smallest absolute Gasteiger partial charge is 0.212 e. The summed E-state index contributed by atoms with van der Waals surface area (Å²) in [5.41, 5.74) is 0. The van der Waals surface area contributed by atoms with Crippen LogP contribution in [0.15, 0.2) is 0 Å². The molecule has 0 saturated heterocycles. The Bertz CT molecular complexity index is 302. The third-order valence-corrected chi connectivity index (χ3v) is 4.10. The summed E-state index contributed by atoms with van der Waals surface area (Å²) in [5, 5.41) is 3.04. The summed E-state index contributed by atoms with van der Waals surface area (Å²) in [5.74, 6) is 0.618. The minimum absolute atomic E-state index is 0.0837. The van der Waals surface area contributed by atoms with Crippen molar-refractivity contribution in [1.29, 1.82) is 0 Å². The Hall–Kier alpha value is 0.0200. The van der Waals surface area contributed by atoms with E-state index in [-0.39, 0.29) is 11.8 Å². The molecule has 0 aliphatic carbocycles. The minimum Gasteiger partial charge on any atom is -0.313 e. The van der Waals surface area contributed by atoms with Gasteiger partial charge in [-0.1, -0.05) is 13.8 Å². The molecule has 0 rings (SSSR count). The molecule has 0 aliphatic rings. The van der Waals surface area contributed by atoms with Crippen molar-refractivity contribution in [3.05, 3.63) is 0 Å². The van der Waals surface area contributed by atoms with Gasteiger partial charge < -0.3 is 5.32 Å². The van der Waals surface area contributed by atoms with Gasteiger partial charge in [0.05, 0.1) is 5.75 Å². The van der Waals surface area contributed by atoms with Crippen molar-refractivity contribution in [3.8, 4) is 0 Å². The third kappa shape index (κ3) is 10.5. The van der Waals surface area contributed by atoms with E-state index in [2.05, 4.69) is 10.0 Å². The average Bonchev–Trinajstić information content (AvgIpc) is 2.11. The van der Waals surface area contributed by atoms with Crippen LogP contribution in [0.5, 0.6) is 0 Å². The highest BCUT2D eigenvalue weighted by molar-refractivity contribution is 7.89. The lowest BCUT2D eigenvalue weighted by atomic mass is 10.4. The molecule has 0 spiro atoms. The van der Waals surface area contributed by atoms with Crippen LogP contribution in [0.2, 0.25) is 0 Å². The molecule has 7 heteroatoms. The molecule has 0 bridgehead atoms. The van der Waals surface area contributed by atoms with Crippen LogP contribution in [0, 0.1) is 0 Å². The molecule has 0 aromatic rings. The molecule has 5 nitrogen and oxygen atoms in total. The van der Waals surface area contributed by atoms with E-state index in [1.165, 1.54) is 0 Å². The van der Waals surface area contributed by atoms with Gasteiger partial charge in [-0.2, -0.15) is 0 Å². The van der Waals surface area contributed by atoms with E-state index >= 15 is 0 Å². The van der Waals surface area contributed by atoms with Gasteiger partial charge in [0.1, 0.15) is 0 Å². The highest BCUT2D eigenvalue weighted by Gasteiger charge is 2.08. The van der Waals surface area contributed by atoms with E-state index in [4.69, 9.17) is 0 Å². The van der Waals surface area contributed by atoms with Gasteiger partial charge in [0.25, 0.3) is 0 Å². The number of nitrogens with one attached hydrogen (secondary N) is 2. The van der Waals surface area contributed by atoms with Crippen LogP contribution in [0.25, 0.3) is 0 Å². The summed E-state index contributed by atoms with van der Waals surface area (Å²) in [4.78, 5) is 0. The lowest BCUT2D eigenvalue weighted by molar-refractivity contribution is 0.566. The summed E-state index contributed by atoms with van der Waals surface area (Å²) < 4.78 is 36.1. The maximum atomic E-state index is 11.4. The van der Waals surface area contributed by atoms with Crippen LogP contribution in [0.3, 0.4) is 0 Å². The highest BCUT2D eigenvalue weighted by atomic mass is 32.2. The lowest BCUT2D eigenvalue weighted by Gasteiger charge is -2.09. The first kappa shape index (κ1) is 16.0. The van der Waals surface area contributed by atoms with E-state index in [1.54, 1.807) is 6.26 Å². The fourth-order valence-corrected chi connectivity index (χ4v) is 2.59. The van der Waals surface area contributed by atoms with Crippen LogP contribution in [0.1, 0.15) is 20.3 Å².